The fraction of sp³-hybridized carbons (Fsp3) is 0.720. The maximum atomic E-state index is 13.5. The minimum absolute atomic E-state index is 0.00448. The van der Waals surface area contributed by atoms with E-state index in [2.05, 4.69) is 67.2 Å². The zero-order valence-corrected chi connectivity index (χ0v) is 21.8. The minimum Gasteiger partial charge on any atom is -0.370 e. The van der Waals surface area contributed by atoms with Crippen molar-refractivity contribution in [3.63, 3.8) is 0 Å². The van der Waals surface area contributed by atoms with E-state index in [4.69, 9.17) is 5.73 Å². The van der Waals surface area contributed by atoms with E-state index >= 15 is 0 Å². The molecular weight excluding hydrogens is 444 g/mol. The summed E-state index contributed by atoms with van der Waals surface area (Å²) < 4.78 is 1.68. The Morgan fingerprint density at radius 2 is 1.89 bits per heavy atom. The number of fused-ring (bicyclic) bond motifs is 1. The van der Waals surface area contributed by atoms with Gasteiger partial charge in [0.15, 0.2) is 5.65 Å². The number of nitrogens with two attached hydrogens (primary N) is 1. The van der Waals surface area contributed by atoms with Crippen LogP contribution >= 0.6 is 0 Å². The first-order chi connectivity index (χ1) is 16.3. The average Bonchev–Trinajstić information content (AvgIpc) is 3.32. The number of rotatable bonds is 6. The molecule has 35 heavy (non-hydrogen) atoms. The Morgan fingerprint density at radius 3 is 2.54 bits per heavy atom. The van der Waals surface area contributed by atoms with Crippen LogP contribution in [-0.4, -0.2) is 66.5 Å². The number of likely N-dealkylation sites (tertiary alicyclic amines) is 1. The van der Waals surface area contributed by atoms with Gasteiger partial charge in [0.25, 0.3) is 0 Å². The number of hydrogen-bond acceptors (Lipinski definition) is 7. The van der Waals surface area contributed by atoms with Crippen molar-refractivity contribution in [2.75, 3.05) is 11.9 Å². The number of hydrogen-bond donors (Lipinski definition) is 3. The van der Waals surface area contributed by atoms with Gasteiger partial charge in [0.2, 0.25) is 17.8 Å². The monoisotopic (exact) mass is 484 g/mol. The van der Waals surface area contributed by atoms with Gasteiger partial charge in [-0.1, -0.05) is 20.8 Å². The molecule has 0 radical (unpaired) electrons. The molecule has 4 N–H and O–H groups in total. The van der Waals surface area contributed by atoms with Crippen molar-refractivity contribution >= 4 is 23.4 Å². The van der Waals surface area contributed by atoms with Gasteiger partial charge in [0.05, 0.1) is 5.69 Å². The summed E-state index contributed by atoms with van der Waals surface area (Å²) >= 11 is 0. The molecule has 0 unspecified atom stereocenters. The quantitative estimate of drug-likeness (QED) is 0.573. The normalized spacial score (nSPS) is 25.9. The summed E-state index contributed by atoms with van der Waals surface area (Å²) in [6.45, 7) is 13.4. The smallest absolute Gasteiger partial charge is 0.245 e. The minimum atomic E-state index is -0.393. The lowest BCUT2D eigenvalue weighted by Gasteiger charge is -2.42. The number of nitrogens with one attached hydrogen (secondary N) is 2. The Hall–Kier alpha value is -2.75. The fourth-order valence-corrected chi connectivity index (χ4v) is 5.48. The summed E-state index contributed by atoms with van der Waals surface area (Å²) in [5.74, 6) is 0.295. The second kappa shape index (κ2) is 9.37. The van der Waals surface area contributed by atoms with Gasteiger partial charge in [-0.25, -0.2) is 9.97 Å². The van der Waals surface area contributed by atoms with Gasteiger partial charge in [0, 0.05) is 42.1 Å². The molecule has 10 heteroatoms. The largest absolute Gasteiger partial charge is 0.370 e. The molecule has 192 valence electrons. The molecule has 10 nitrogen and oxygen atoms in total. The van der Waals surface area contributed by atoms with Gasteiger partial charge in [-0.3, -0.25) is 9.59 Å². The van der Waals surface area contributed by atoms with E-state index < -0.39 is 6.04 Å². The van der Waals surface area contributed by atoms with Gasteiger partial charge in [-0.05, 0) is 52.4 Å². The number of carbonyl (C=O) groups is 2. The highest BCUT2D eigenvalue weighted by Gasteiger charge is 2.42. The van der Waals surface area contributed by atoms with Crippen molar-refractivity contribution in [2.45, 2.75) is 103 Å². The van der Waals surface area contributed by atoms with Gasteiger partial charge in [-0.2, -0.15) is 9.61 Å². The molecule has 2 fully saturated rings. The first-order valence-electron chi connectivity index (χ1n) is 12.7. The first kappa shape index (κ1) is 25.3. The van der Waals surface area contributed by atoms with Crippen LogP contribution in [0.1, 0.15) is 79.3 Å². The van der Waals surface area contributed by atoms with E-state index in [1.165, 1.54) is 6.33 Å². The fourth-order valence-electron chi connectivity index (χ4n) is 5.48. The zero-order valence-electron chi connectivity index (χ0n) is 21.8. The lowest BCUT2D eigenvalue weighted by atomic mass is 9.78. The highest BCUT2D eigenvalue weighted by molar-refractivity contribution is 5.86. The number of aromatic nitrogens is 4. The summed E-state index contributed by atoms with van der Waals surface area (Å²) in [5.41, 5.74) is 7.09. The third kappa shape index (κ3) is 5.74. The predicted octanol–water partition coefficient (Wildman–Crippen LogP) is 2.24. The molecule has 0 aromatic carbocycles. The Morgan fingerprint density at radius 1 is 1.14 bits per heavy atom. The topological polar surface area (TPSA) is 131 Å². The maximum absolute atomic E-state index is 13.5. The molecule has 4 atom stereocenters. The Balaban J connectivity index is 1.49. The number of nitrogens with zero attached hydrogens (tertiary/aromatic N) is 5. The van der Waals surface area contributed by atoms with E-state index in [-0.39, 0.29) is 34.7 Å². The predicted molar refractivity (Wildman–Crippen MR) is 135 cm³/mol. The molecule has 1 saturated heterocycles. The maximum Gasteiger partial charge on any atom is 0.245 e. The molecule has 2 aromatic rings. The van der Waals surface area contributed by atoms with Crippen LogP contribution in [0.4, 0.5) is 5.95 Å². The van der Waals surface area contributed by atoms with Crippen molar-refractivity contribution < 1.29 is 9.59 Å². The second-order valence-corrected chi connectivity index (χ2v) is 12.2. The molecule has 3 heterocycles. The summed E-state index contributed by atoms with van der Waals surface area (Å²) in [5, 5.41) is 11.7. The van der Waals surface area contributed by atoms with E-state index in [9.17, 15) is 9.59 Å². The number of primary amides is 1. The molecule has 1 aliphatic heterocycles. The number of carbonyl (C=O) groups excluding carboxylic acids is 2. The standard InChI is InChI=1S/C25H40N8O2/c1-24(2,3)19-13-21-27-14-28-23(33(21)31-19)29-17-9-10-32(22(17)35)18-8-7-16(30-25(4,5)6)11-15(18)12-20(26)34/h13-18,30H,7-12H2,1-6H3,(H2,26,34)(H,27,28,29)/t15-,16-,17+,18+/m1/s1. The first-order valence-corrected chi connectivity index (χ1v) is 12.7. The molecular formula is C25H40N8O2. The molecule has 2 aliphatic rings. The van der Waals surface area contributed by atoms with Crippen LogP contribution in [0.25, 0.3) is 5.65 Å². The van der Waals surface area contributed by atoms with E-state index in [0.717, 1.165) is 25.0 Å². The Kier molecular flexibility index (Phi) is 6.78. The van der Waals surface area contributed by atoms with Gasteiger partial charge in [0.1, 0.15) is 12.4 Å². The lowest BCUT2D eigenvalue weighted by Crippen LogP contribution is -2.53. The summed E-state index contributed by atoms with van der Waals surface area (Å²) in [6, 6.07) is 1.89. The highest BCUT2D eigenvalue weighted by Crippen LogP contribution is 2.34. The lowest BCUT2D eigenvalue weighted by molar-refractivity contribution is -0.133. The molecule has 0 bridgehead atoms. The van der Waals surface area contributed by atoms with Gasteiger partial charge in [-0.15, -0.1) is 0 Å². The van der Waals surface area contributed by atoms with Crippen LogP contribution < -0.4 is 16.4 Å². The molecule has 4 rings (SSSR count). The molecule has 0 spiro atoms. The third-order valence-electron chi connectivity index (χ3n) is 7.02. The summed E-state index contributed by atoms with van der Waals surface area (Å²) in [4.78, 5) is 36.0. The van der Waals surface area contributed by atoms with Crippen LogP contribution in [0.15, 0.2) is 12.4 Å². The highest BCUT2D eigenvalue weighted by atomic mass is 16.2. The SMILES string of the molecule is CC(C)(C)N[C@@H]1CC[C@H](N2CC[C@H](Nc3ncnc4cc(C(C)(C)C)nn34)C2=O)[C@@H](CC(N)=O)C1. The zero-order chi connectivity index (χ0) is 25.5. The Bertz CT molecular complexity index is 1080. The number of amides is 2. The van der Waals surface area contributed by atoms with Gasteiger partial charge >= 0.3 is 0 Å². The Labute approximate surface area is 207 Å². The second-order valence-electron chi connectivity index (χ2n) is 12.2. The molecule has 1 saturated carbocycles. The van der Waals surface area contributed by atoms with Crippen molar-refractivity contribution in [1.29, 1.82) is 0 Å². The van der Waals surface area contributed by atoms with E-state index in [1.807, 2.05) is 11.0 Å². The van der Waals surface area contributed by atoms with Crippen molar-refractivity contribution in [3.8, 4) is 0 Å². The third-order valence-corrected chi connectivity index (χ3v) is 7.02. The van der Waals surface area contributed by atoms with Crippen LogP contribution in [-0.2, 0) is 15.0 Å². The average molecular weight is 485 g/mol. The van der Waals surface area contributed by atoms with Crippen molar-refractivity contribution in [3.05, 3.63) is 18.1 Å². The number of anilines is 1. The van der Waals surface area contributed by atoms with Crippen LogP contribution in [0.2, 0.25) is 0 Å². The summed E-state index contributed by atoms with van der Waals surface area (Å²) in [7, 11) is 0. The molecule has 2 amide bonds. The van der Waals surface area contributed by atoms with Gasteiger partial charge < -0.3 is 21.3 Å². The summed E-state index contributed by atoms with van der Waals surface area (Å²) in [6.07, 6.45) is 5.12. The van der Waals surface area contributed by atoms with Crippen LogP contribution in [0, 0.1) is 5.92 Å². The van der Waals surface area contributed by atoms with E-state index in [0.29, 0.717) is 37.0 Å². The van der Waals surface area contributed by atoms with Crippen molar-refractivity contribution in [1.82, 2.24) is 29.8 Å². The van der Waals surface area contributed by atoms with Crippen LogP contribution in [0.3, 0.4) is 0 Å². The van der Waals surface area contributed by atoms with Crippen LogP contribution in [0.5, 0.6) is 0 Å². The molecule has 2 aromatic heterocycles. The van der Waals surface area contributed by atoms with E-state index in [1.54, 1.807) is 4.52 Å². The van der Waals surface area contributed by atoms with Crippen molar-refractivity contribution in [2.24, 2.45) is 11.7 Å². The molecule has 1 aliphatic carbocycles.